The van der Waals surface area contributed by atoms with E-state index in [9.17, 15) is 0 Å². The third-order valence-electron chi connectivity index (χ3n) is 0.944. The Morgan fingerprint density at radius 2 is 1.75 bits per heavy atom. The highest BCUT2D eigenvalue weighted by Crippen LogP contribution is 2.45. The summed E-state index contributed by atoms with van der Waals surface area (Å²) in [4.78, 5) is 0. The van der Waals surface area contributed by atoms with E-state index in [4.69, 9.17) is 20.9 Å². The van der Waals surface area contributed by atoms with Crippen LogP contribution in [0.1, 0.15) is 6.92 Å². The molecule has 0 aromatic heterocycles. The smallest absolute Gasteiger partial charge is 0.187 e. The van der Waals surface area contributed by atoms with Crippen molar-refractivity contribution in [3.8, 4) is 0 Å². The molecule has 0 aromatic rings. The summed E-state index contributed by atoms with van der Waals surface area (Å²) < 4.78 is 9.88. The van der Waals surface area contributed by atoms with Crippen LogP contribution in [-0.4, -0.2) is 20.4 Å². The maximum Gasteiger partial charge on any atom is 0.187 e. The van der Waals surface area contributed by atoms with Crippen LogP contribution in [0.15, 0.2) is 0 Å². The molecular weight excluding hydrogens is 143 g/mol. The minimum atomic E-state index is -1.83. The molecule has 50 valence electrons. The molecule has 0 radical (unpaired) electrons. The zero-order valence-corrected chi connectivity index (χ0v) is 7.09. The quantitative estimate of drug-likeness (QED) is 0.575. The van der Waals surface area contributed by atoms with E-state index < -0.39 is 6.49 Å². The van der Waals surface area contributed by atoms with Gasteiger partial charge >= 0.3 is 0 Å². The average molecular weight is 154 g/mol. The first-order chi connectivity index (χ1) is 3.68. The Hall–Kier alpha value is 0.570. The number of hydrogen-bond donors (Lipinski definition) is 0. The van der Waals surface area contributed by atoms with Crippen LogP contribution in [0.2, 0.25) is 0 Å². The van der Waals surface area contributed by atoms with Gasteiger partial charge < -0.3 is 9.05 Å². The predicted molar refractivity (Wildman–Crippen MR) is 38.8 cm³/mol. The molecule has 0 aliphatic heterocycles. The fraction of sp³-hybridized carbons (Fsp3) is 1.00. The summed E-state index contributed by atoms with van der Waals surface area (Å²) in [5.74, 6) is 0. The Bertz CT molecular complexity index is 85.2. The van der Waals surface area contributed by atoms with Crippen LogP contribution >= 0.6 is 6.49 Å². The van der Waals surface area contributed by atoms with E-state index >= 15 is 0 Å². The lowest BCUT2D eigenvalue weighted by Crippen LogP contribution is -1.88. The normalized spacial score (nSPS) is 11.9. The second-order valence-corrected chi connectivity index (χ2v) is 5.55. The molecule has 0 bridgehead atoms. The minimum Gasteiger partial charge on any atom is -0.333 e. The van der Waals surface area contributed by atoms with Crippen LogP contribution in [0.4, 0.5) is 0 Å². The third kappa shape index (κ3) is 2.23. The first kappa shape index (κ1) is 8.57. The molecular formula is C4H11O2PS. The van der Waals surface area contributed by atoms with Crippen LogP contribution < -0.4 is 0 Å². The molecule has 0 saturated carbocycles. The van der Waals surface area contributed by atoms with Gasteiger partial charge in [0.05, 0.1) is 0 Å². The highest BCUT2D eigenvalue weighted by atomic mass is 32.5. The average Bonchev–Trinajstić information content (AvgIpc) is 1.87. The van der Waals surface area contributed by atoms with Gasteiger partial charge in [-0.15, -0.1) is 0 Å². The van der Waals surface area contributed by atoms with Crippen molar-refractivity contribution >= 4 is 18.3 Å². The Balaban J connectivity index is 3.79. The predicted octanol–water partition coefficient (Wildman–Crippen LogP) is 1.61. The van der Waals surface area contributed by atoms with E-state index in [1.807, 2.05) is 6.92 Å². The van der Waals surface area contributed by atoms with Gasteiger partial charge in [-0.3, -0.25) is 0 Å². The highest BCUT2D eigenvalue weighted by molar-refractivity contribution is 8.09. The summed E-state index contributed by atoms with van der Waals surface area (Å²) in [6.07, 6.45) is 0.801. The SMILES string of the molecule is CCP(=S)(OC)OC. The molecule has 4 heteroatoms. The zero-order chi connectivity index (χ0) is 6.62. The van der Waals surface area contributed by atoms with E-state index in [1.165, 1.54) is 0 Å². The summed E-state index contributed by atoms with van der Waals surface area (Å²) in [5.41, 5.74) is 0. The molecule has 0 heterocycles. The van der Waals surface area contributed by atoms with Crippen molar-refractivity contribution in [3.63, 3.8) is 0 Å². The summed E-state index contributed by atoms with van der Waals surface area (Å²) in [7, 11) is 3.18. The van der Waals surface area contributed by atoms with Gasteiger partial charge in [0.15, 0.2) is 6.49 Å². The van der Waals surface area contributed by atoms with Crippen molar-refractivity contribution in [2.45, 2.75) is 6.92 Å². The monoisotopic (exact) mass is 154 g/mol. The van der Waals surface area contributed by atoms with Crippen LogP contribution in [0.25, 0.3) is 0 Å². The Labute approximate surface area is 55.4 Å². The van der Waals surface area contributed by atoms with E-state index in [0.29, 0.717) is 0 Å². The Morgan fingerprint density at radius 1 is 1.38 bits per heavy atom. The molecule has 0 saturated heterocycles. The topological polar surface area (TPSA) is 18.5 Å². The van der Waals surface area contributed by atoms with Gasteiger partial charge in [-0.2, -0.15) is 0 Å². The molecule has 8 heavy (non-hydrogen) atoms. The standard InChI is InChI=1S/C4H11O2PS/c1-4-7(8,5-2)6-3/h4H2,1-3H3. The van der Waals surface area contributed by atoms with Crippen LogP contribution in [0.3, 0.4) is 0 Å². The second kappa shape index (κ2) is 3.57. The lowest BCUT2D eigenvalue weighted by atomic mass is 11.0. The van der Waals surface area contributed by atoms with Crippen molar-refractivity contribution < 1.29 is 9.05 Å². The Kier molecular flexibility index (Phi) is 3.82. The molecule has 0 aliphatic carbocycles. The summed E-state index contributed by atoms with van der Waals surface area (Å²) in [6.45, 7) is 0.137. The molecule has 0 rings (SSSR count). The van der Waals surface area contributed by atoms with Crippen LogP contribution in [0, 0.1) is 0 Å². The van der Waals surface area contributed by atoms with Crippen molar-refractivity contribution in [2.24, 2.45) is 0 Å². The fourth-order valence-corrected chi connectivity index (χ4v) is 0.998. The summed E-state index contributed by atoms with van der Waals surface area (Å²) >= 11 is 4.97. The molecule has 0 amide bonds. The molecule has 0 atom stereocenters. The molecule has 0 aromatic carbocycles. The molecule has 0 unspecified atom stereocenters. The van der Waals surface area contributed by atoms with Gasteiger partial charge in [0.1, 0.15) is 0 Å². The number of rotatable bonds is 3. The lowest BCUT2D eigenvalue weighted by Gasteiger charge is -2.13. The zero-order valence-electron chi connectivity index (χ0n) is 5.38. The largest absolute Gasteiger partial charge is 0.333 e. The van der Waals surface area contributed by atoms with Gasteiger partial charge in [-0.1, -0.05) is 6.92 Å². The number of hydrogen-bond acceptors (Lipinski definition) is 3. The summed E-state index contributed by atoms with van der Waals surface area (Å²) in [6, 6.07) is 0. The maximum atomic E-state index is 4.97. The van der Waals surface area contributed by atoms with E-state index in [1.54, 1.807) is 14.2 Å². The maximum absolute atomic E-state index is 4.97. The lowest BCUT2D eigenvalue weighted by molar-refractivity contribution is 0.338. The van der Waals surface area contributed by atoms with Gasteiger partial charge in [0.25, 0.3) is 0 Å². The van der Waals surface area contributed by atoms with Gasteiger partial charge in [0.2, 0.25) is 0 Å². The molecule has 0 aliphatic rings. The van der Waals surface area contributed by atoms with Crippen molar-refractivity contribution in [1.82, 2.24) is 0 Å². The van der Waals surface area contributed by atoms with Gasteiger partial charge in [0, 0.05) is 20.4 Å². The van der Waals surface area contributed by atoms with Crippen molar-refractivity contribution in [2.75, 3.05) is 20.4 Å². The van der Waals surface area contributed by atoms with E-state index in [2.05, 4.69) is 0 Å². The van der Waals surface area contributed by atoms with Crippen molar-refractivity contribution in [3.05, 3.63) is 0 Å². The van der Waals surface area contributed by atoms with Gasteiger partial charge in [-0.05, 0) is 11.8 Å². The first-order valence-corrected chi connectivity index (χ1v) is 5.21. The van der Waals surface area contributed by atoms with E-state index in [0.717, 1.165) is 6.16 Å². The second-order valence-electron chi connectivity index (χ2n) is 1.29. The molecule has 0 spiro atoms. The van der Waals surface area contributed by atoms with Crippen LogP contribution in [-0.2, 0) is 20.9 Å². The fourth-order valence-electron chi connectivity index (χ4n) is 0.333. The Morgan fingerprint density at radius 3 is 1.75 bits per heavy atom. The molecule has 2 nitrogen and oxygen atoms in total. The van der Waals surface area contributed by atoms with E-state index in [-0.39, 0.29) is 0 Å². The highest BCUT2D eigenvalue weighted by Gasteiger charge is 2.09. The van der Waals surface area contributed by atoms with Crippen LogP contribution in [0.5, 0.6) is 0 Å². The van der Waals surface area contributed by atoms with Gasteiger partial charge in [-0.25, -0.2) is 0 Å². The van der Waals surface area contributed by atoms with Crippen molar-refractivity contribution in [1.29, 1.82) is 0 Å². The molecule has 0 N–H and O–H groups in total. The third-order valence-corrected chi connectivity index (χ3v) is 4.50. The summed E-state index contributed by atoms with van der Waals surface area (Å²) in [5, 5.41) is 0. The molecule has 0 fully saturated rings. The minimum absolute atomic E-state index is 0.801. The first-order valence-electron chi connectivity index (χ1n) is 2.39.